The Morgan fingerprint density at radius 2 is 1.71 bits per heavy atom. The second-order valence-corrected chi connectivity index (χ2v) is 14.0. The van der Waals surface area contributed by atoms with Gasteiger partial charge in [-0.2, -0.15) is 18.3 Å². The smallest absolute Gasteiger partial charge is 0.424 e. The first-order chi connectivity index (χ1) is 22.7. The molecular weight excluding hydrogens is 653 g/mol. The Balaban J connectivity index is 1.35. The average Bonchev–Trinajstić information content (AvgIpc) is 3.42. The molecule has 11 nitrogen and oxygen atoms in total. The van der Waals surface area contributed by atoms with E-state index < -0.39 is 44.0 Å². The van der Waals surface area contributed by atoms with Crippen LogP contribution < -0.4 is 0 Å². The van der Waals surface area contributed by atoms with E-state index in [1.165, 1.54) is 21.7 Å². The maximum absolute atomic E-state index is 14.8. The molecule has 1 fully saturated rings. The molecule has 1 unspecified atom stereocenters. The number of non-ortho nitro benzene ring substituents is 1. The van der Waals surface area contributed by atoms with Crippen molar-refractivity contribution in [2.75, 3.05) is 26.2 Å². The molecule has 0 bridgehead atoms. The minimum atomic E-state index is -5.19. The molecule has 256 valence electrons. The summed E-state index contributed by atoms with van der Waals surface area (Å²) in [6, 6.07) is 18.3. The van der Waals surface area contributed by atoms with Gasteiger partial charge in [-0.25, -0.2) is 8.42 Å². The van der Waals surface area contributed by atoms with Crippen LogP contribution in [0.5, 0.6) is 0 Å². The highest BCUT2D eigenvalue weighted by atomic mass is 32.2. The predicted octanol–water partition coefficient (Wildman–Crippen LogP) is 5.18. The highest BCUT2D eigenvalue weighted by Crippen LogP contribution is 2.43. The molecule has 15 heteroatoms. The lowest BCUT2D eigenvalue weighted by Gasteiger charge is -2.38. The van der Waals surface area contributed by atoms with E-state index >= 15 is 0 Å². The number of hydrogen-bond donors (Lipinski definition) is 1. The number of nitrogens with zero attached hydrogens (tertiary/aromatic N) is 4. The summed E-state index contributed by atoms with van der Waals surface area (Å²) in [4.78, 5) is 23.9. The standard InChI is InChI=1S/C33H35F3N4O7S/c1-2-47-30(41)15-10-23-8-12-26(13-9-23)48(45,46)27-16-18-38(19-17-27)22-32(42,33(34,35)36)31-28-14-11-25(40(43)44)20-29(28)39(37-31)21-24-6-4-3-5-7-24/h3-9,11-14,20,27,42H,2,10,15-19,21-22H2,1H3. The number of rotatable bonds is 12. The van der Waals surface area contributed by atoms with Crippen molar-refractivity contribution < 1.29 is 41.2 Å². The molecule has 1 aliphatic rings. The summed E-state index contributed by atoms with van der Waals surface area (Å²) in [6.07, 6.45) is -4.57. The molecule has 0 spiro atoms. The number of ether oxygens (including phenoxy) is 1. The normalized spacial score (nSPS) is 16.1. The summed E-state index contributed by atoms with van der Waals surface area (Å²) in [7, 11) is -3.81. The van der Waals surface area contributed by atoms with Crippen molar-refractivity contribution in [2.24, 2.45) is 0 Å². The van der Waals surface area contributed by atoms with E-state index in [4.69, 9.17) is 4.74 Å². The van der Waals surface area contributed by atoms with Crippen LogP contribution in [0.15, 0.2) is 77.7 Å². The number of halogens is 3. The number of β-amino-alcohol motifs (C(OH)–C–C–N with tert-alkyl or cyclic N) is 1. The number of hydrogen-bond acceptors (Lipinski definition) is 9. The Labute approximate surface area is 275 Å². The fraction of sp³-hybridized carbons (Fsp3) is 0.394. The zero-order valence-electron chi connectivity index (χ0n) is 26.1. The van der Waals surface area contributed by atoms with Gasteiger partial charge in [0.2, 0.25) is 5.60 Å². The highest BCUT2D eigenvalue weighted by Gasteiger charge is 2.58. The number of benzene rings is 3. The number of aliphatic hydroxyl groups is 1. The monoisotopic (exact) mass is 688 g/mol. The minimum Gasteiger partial charge on any atom is -0.466 e. The highest BCUT2D eigenvalue weighted by molar-refractivity contribution is 7.92. The van der Waals surface area contributed by atoms with Crippen molar-refractivity contribution in [3.63, 3.8) is 0 Å². The summed E-state index contributed by atoms with van der Waals surface area (Å²) in [6.45, 7) is 1.00. The first-order valence-electron chi connectivity index (χ1n) is 15.4. The maximum Gasteiger partial charge on any atom is 0.424 e. The van der Waals surface area contributed by atoms with Crippen LogP contribution in [0.1, 0.15) is 43.0 Å². The Morgan fingerprint density at radius 3 is 2.31 bits per heavy atom. The molecule has 1 atom stereocenters. The molecule has 2 heterocycles. The summed E-state index contributed by atoms with van der Waals surface area (Å²) < 4.78 is 77.4. The lowest BCUT2D eigenvalue weighted by atomic mass is 9.94. The second kappa shape index (κ2) is 14.0. The van der Waals surface area contributed by atoms with Crippen molar-refractivity contribution in [3.05, 3.63) is 99.7 Å². The van der Waals surface area contributed by atoms with Gasteiger partial charge in [0.05, 0.1) is 33.7 Å². The Morgan fingerprint density at radius 1 is 1.04 bits per heavy atom. The molecule has 48 heavy (non-hydrogen) atoms. The van der Waals surface area contributed by atoms with Gasteiger partial charge >= 0.3 is 12.1 Å². The Kier molecular flexibility index (Phi) is 10.2. The van der Waals surface area contributed by atoms with Crippen molar-refractivity contribution in [1.29, 1.82) is 0 Å². The molecular formula is C33H35F3N4O7S. The van der Waals surface area contributed by atoms with Crippen LogP contribution in [0.2, 0.25) is 0 Å². The van der Waals surface area contributed by atoms with Crippen LogP contribution >= 0.6 is 0 Å². The number of nitro benzene ring substituents is 1. The van der Waals surface area contributed by atoms with Gasteiger partial charge in [-0.1, -0.05) is 42.5 Å². The van der Waals surface area contributed by atoms with E-state index in [9.17, 15) is 41.6 Å². The fourth-order valence-electron chi connectivity index (χ4n) is 5.98. The largest absolute Gasteiger partial charge is 0.466 e. The van der Waals surface area contributed by atoms with Crippen LogP contribution in [0, 0.1) is 10.1 Å². The first kappa shape index (κ1) is 35.0. The van der Waals surface area contributed by atoms with Gasteiger partial charge in [-0.3, -0.25) is 24.5 Å². The SMILES string of the molecule is CCOC(=O)CCc1ccc(S(=O)(=O)C2CCN(CC(O)(c3nn(Cc4ccccc4)c4cc([N+](=O)[O-])ccc34)C(F)(F)F)CC2)cc1. The lowest BCUT2D eigenvalue weighted by molar-refractivity contribution is -0.384. The molecule has 1 N–H and O–H groups in total. The van der Waals surface area contributed by atoms with Crippen LogP contribution in [0.3, 0.4) is 0 Å². The number of aryl methyl sites for hydroxylation is 1. The van der Waals surface area contributed by atoms with Crippen LogP contribution in [-0.4, -0.2) is 76.8 Å². The zero-order chi connectivity index (χ0) is 34.7. The van der Waals surface area contributed by atoms with Gasteiger partial charge in [0.25, 0.3) is 5.69 Å². The number of likely N-dealkylation sites (tertiary alicyclic amines) is 1. The molecule has 1 aromatic heterocycles. The molecule has 1 saturated heterocycles. The summed E-state index contributed by atoms with van der Waals surface area (Å²) in [5.74, 6) is -0.351. The number of sulfone groups is 1. The van der Waals surface area contributed by atoms with Crippen molar-refractivity contribution in [1.82, 2.24) is 14.7 Å². The maximum atomic E-state index is 14.8. The fourth-order valence-corrected chi connectivity index (χ4v) is 7.71. The molecule has 0 saturated carbocycles. The van der Waals surface area contributed by atoms with E-state index in [-0.39, 0.29) is 73.0 Å². The lowest BCUT2D eigenvalue weighted by Crippen LogP contribution is -2.53. The number of esters is 1. The van der Waals surface area contributed by atoms with E-state index in [0.717, 1.165) is 23.8 Å². The summed E-state index contributed by atoms with van der Waals surface area (Å²) >= 11 is 0. The average molecular weight is 689 g/mol. The van der Waals surface area contributed by atoms with Crippen molar-refractivity contribution in [3.8, 4) is 0 Å². The number of nitro groups is 1. The quantitative estimate of drug-likeness (QED) is 0.121. The van der Waals surface area contributed by atoms with Crippen LogP contribution in [0.4, 0.5) is 18.9 Å². The third-order valence-corrected chi connectivity index (χ3v) is 10.9. The van der Waals surface area contributed by atoms with E-state index in [1.54, 1.807) is 49.4 Å². The number of aromatic nitrogens is 2. The minimum absolute atomic E-state index is 0.00206. The number of piperidine rings is 1. The number of carbonyl (C=O) groups excluding carboxylic acids is 1. The molecule has 0 amide bonds. The van der Waals surface area contributed by atoms with Gasteiger partial charge in [-0.05, 0) is 68.6 Å². The van der Waals surface area contributed by atoms with E-state index in [2.05, 4.69) is 5.10 Å². The first-order valence-corrected chi connectivity index (χ1v) is 17.0. The van der Waals surface area contributed by atoms with Gasteiger partial charge in [-0.15, -0.1) is 0 Å². The molecule has 4 aromatic rings. The molecule has 1 aliphatic heterocycles. The van der Waals surface area contributed by atoms with Crippen LogP contribution in [-0.2, 0) is 37.9 Å². The molecule has 5 rings (SSSR count). The zero-order valence-corrected chi connectivity index (χ0v) is 26.9. The third kappa shape index (κ3) is 7.37. The summed E-state index contributed by atoms with van der Waals surface area (Å²) in [5.41, 5.74) is -2.99. The molecule has 0 aliphatic carbocycles. The van der Waals surface area contributed by atoms with E-state index in [0.29, 0.717) is 12.0 Å². The predicted molar refractivity (Wildman–Crippen MR) is 170 cm³/mol. The molecule has 0 radical (unpaired) electrons. The Bertz CT molecular complexity index is 1870. The number of carbonyl (C=O) groups is 1. The van der Waals surface area contributed by atoms with Crippen LogP contribution in [0.25, 0.3) is 10.9 Å². The summed E-state index contributed by atoms with van der Waals surface area (Å²) in [5, 5.41) is 26.2. The van der Waals surface area contributed by atoms with E-state index in [1.807, 2.05) is 0 Å². The van der Waals surface area contributed by atoms with Gasteiger partial charge in [0, 0.05) is 30.5 Å². The van der Waals surface area contributed by atoms with Gasteiger partial charge in [0.1, 0.15) is 5.69 Å². The van der Waals surface area contributed by atoms with Crippen molar-refractivity contribution >= 4 is 32.4 Å². The molecule has 3 aromatic carbocycles. The van der Waals surface area contributed by atoms with Crippen molar-refractivity contribution in [2.45, 2.75) is 61.1 Å². The Hall–Kier alpha value is -4.34. The van der Waals surface area contributed by atoms with Gasteiger partial charge < -0.3 is 9.84 Å². The topological polar surface area (TPSA) is 145 Å². The second-order valence-electron chi connectivity index (χ2n) is 11.8. The third-order valence-electron chi connectivity index (χ3n) is 8.58. The van der Waals surface area contributed by atoms with Gasteiger partial charge in [0.15, 0.2) is 9.84 Å². The number of fused-ring (bicyclic) bond motifs is 1. The number of alkyl halides is 3.